The molecule has 13 heteroatoms. The van der Waals surface area contributed by atoms with Gasteiger partial charge in [-0.2, -0.15) is 13.2 Å². The summed E-state index contributed by atoms with van der Waals surface area (Å²) in [5.41, 5.74) is 0.553. The average Bonchev–Trinajstić information content (AvgIpc) is 3.45. The smallest absolute Gasteiger partial charge is 0.433 e. The number of anilines is 2. The van der Waals surface area contributed by atoms with Gasteiger partial charge in [-0.3, -0.25) is 4.79 Å². The average molecular weight is 600 g/mol. The lowest BCUT2D eigenvalue weighted by Gasteiger charge is -2.33. The molecule has 1 saturated carbocycles. The molecule has 220 valence electrons. The number of nitrogens with one attached hydrogen (secondary N) is 2. The number of carbonyl (C=O) groups excluding carboxylic acids is 1. The van der Waals surface area contributed by atoms with Gasteiger partial charge in [0, 0.05) is 30.5 Å². The maximum absolute atomic E-state index is 13.0. The summed E-state index contributed by atoms with van der Waals surface area (Å²) in [6, 6.07) is 10.6. The number of aromatic hydroxyl groups is 2. The molecule has 4 aromatic rings. The van der Waals surface area contributed by atoms with E-state index in [1.165, 1.54) is 23.5 Å². The van der Waals surface area contributed by atoms with Crippen LogP contribution < -0.4 is 10.6 Å². The van der Waals surface area contributed by atoms with Crippen LogP contribution in [0.2, 0.25) is 0 Å². The number of hydrogen-bond acceptors (Lipinski definition) is 9. The maximum atomic E-state index is 13.0. The molecule has 0 saturated heterocycles. The summed E-state index contributed by atoms with van der Waals surface area (Å²) in [5.74, 6) is -1.09. The Morgan fingerprint density at radius 2 is 1.83 bits per heavy atom. The molecule has 1 fully saturated rings. The molecule has 0 unspecified atom stereocenters. The van der Waals surface area contributed by atoms with Crippen LogP contribution in [0.4, 0.5) is 24.8 Å². The fourth-order valence-corrected chi connectivity index (χ4v) is 5.96. The van der Waals surface area contributed by atoms with Gasteiger partial charge in [0.1, 0.15) is 16.3 Å². The molecule has 0 spiro atoms. The van der Waals surface area contributed by atoms with Crippen LogP contribution in [0.3, 0.4) is 0 Å². The Morgan fingerprint density at radius 1 is 1.07 bits per heavy atom. The number of thiazole rings is 1. The van der Waals surface area contributed by atoms with Crippen molar-refractivity contribution in [2.45, 2.75) is 50.9 Å². The van der Waals surface area contributed by atoms with Crippen LogP contribution in [0.25, 0.3) is 10.4 Å². The summed E-state index contributed by atoms with van der Waals surface area (Å²) < 4.78 is 39.1. The first kappa shape index (κ1) is 29.3. The number of benzene rings is 2. The van der Waals surface area contributed by atoms with E-state index in [2.05, 4.69) is 25.6 Å². The third-order valence-corrected chi connectivity index (χ3v) is 8.40. The second-order valence-electron chi connectivity index (χ2n) is 10.4. The number of amides is 1. The van der Waals surface area contributed by atoms with Crippen LogP contribution >= 0.6 is 11.3 Å². The molecule has 1 aliphatic rings. The van der Waals surface area contributed by atoms with Crippen LogP contribution in [-0.4, -0.2) is 36.2 Å². The van der Waals surface area contributed by atoms with E-state index in [1.807, 2.05) is 13.0 Å². The molecule has 0 atom stereocenters. The minimum absolute atomic E-state index is 0.144. The molecule has 2 heterocycles. The van der Waals surface area contributed by atoms with E-state index < -0.39 is 17.5 Å². The minimum Gasteiger partial charge on any atom is -0.504 e. The number of alkyl halides is 3. The number of phenols is 2. The molecule has 1 aliphatic carbocycles. The summed E-state index contributed by atoms with van der Waals surface area (Å²) >= 11 is 1.33. The van der Waals surface area contributed by atoms with Crippen molar-refractivity contribution in [1.82, 2.24) is 20.3 Å². The Labute approximate surface area is 243 Å². The largest absolute Gasteiger partial charge is 0.504 e. The van der Waals surface area contributed by atoms with Crippen LogP contribution in [0.5, 0.6) is 11.5 Å². The zero-order valence-electron chi connectivity index (χ0n) is 22.4. The number of aryl methyl sites for hydroxylation is 1. The van der Waals surface area contributed by atoms with E-state index in [0.29, 0.717) is 41.9 Å². The van der Waals surface area contributed by atoms with Crippen molar-refractivity contribution in [3.63, 3.8) is 0 Å². The standard InChI is InChI=1S/C29H28F3N5O4S/c1-16-10-19(13-20(11-16)36-27-33-9-6-24(37-27)29(30,31)32)23-15-35-26(42-23)28(41)7-4-18(5-8-28)25(40)34-14-17-2-3-21(38)22(39)12-17/h2-3,6,9-13,15,18,38-39,41H,4-5,7-8,14H2,1H3,(H,34,40)(H,33,36,37)/t18-,28-. The molecule has 0 bridgehead atoms. The highest BCUT2D eigenvalue weighted by molar-refractivity contribution is 7.15. The van der Waals surface area contributed by atoms with Gasteiger partial charge >= 0.3 is 6.18 Å². The number of nitrogens with zero attached hydrogens (tertiary/aromatic N) is 3. The fraction of sp³-hybridized carbons (Fsp3) is 0.310. The van der Waals surface area contributed by atoms with Crippen molar-refractivity contribution >= 4 is 28.9 Å². The van der Waals surface area contributed by atoms with E-state index in [4.69, 9.17) is 0 Å². The second kappa shape index (κ2) is 11.6. The summed E-state index contributed by atoms with van der Waals surface area (Å²) in [4.78, 5) is 25.4. The lowest BCUT2D eigenvalue weighted by molar-refractivity contribution is -0.141. The predicted molar refractivity (Wildman–Crippen MR) is 150 cm³/mol. The van der Waals surface area contributed by atoms with E-state index in [9.17, 15) is 33.3 Å². The third kappa shape index (κ3) is 6.63. The van der Waals surface area contributed by atoms with Crippen LogP contribution in [-0.2, 0) is 23.1 Å². The number of aliphatic hydroxyl groups is 1. The van der Waals surface area contributed by atoms with Crippen molar-refractivity contribution < 1.29 is 33.3 Å². The van der Waals surface area contributed by atoms with Crippen LogP contribution in [0.1, 0.15) is 47.5 Å². The highest BCUT2D eigenvalue weighted by atomic mass is 32.1. The van der Waals surface area contributed by atoms with Gasteiger partial charge in [-0.25, -0.2) is 15.0 Å². The molecule has 0 radical (unpaired) electrons. The summed E-state index contributed by atoms with van der Waals surface area (Å²) in [7, 11) is 0. The molecule has 5 N–H and O–H groups in total. The zero-order chi connectivity index (χ0) is 30.1. The Kier molecular flexibility index (Phi) is 8.06. The Balaban J connectivity index is 1.23. The number of hydrogen-bond donors (Lipinski definition) is 5. The molecule has 1 amide bonds. The number of phenolic OH excluding ortho intramolecular Hbond substituents is 2. The Bertz CT molecular complexity index is 1600. The van der Waals surface area contributed by atoms with Crippen molar-refractivity contribution in [1.29, 1.82) is 0 Å². The van der Waals surface area contributed by atoms with Crippen molar-refractivity contribution in [3.8, 4) is 21.9 Å². The predicted octanol–water partition coefficient (Wildman–Crippen LogP) is 5.78. The van der Waals surface area contributed by atoms with Crippen LogP contribution in [0.15, 0.2) is 54.9 Å². The Morgan fingerprint density at radius 3 is 2.55 bits per heavy atom. The first-order chi connectivity index (χ1) is 19.9. The number of halogens is 3. The van der Waals surface area contributed by atoms with Crippen molar-refractivity contribution in [3.05, 3.63) is 76.7 Å². The van der Waals surface area contributed by atoms with E-state index in [1.54, 1.807) is 24.4 Å². The van der Waals surface area contributed by atoms with Gasteiger partial charge in [0.25, 0.3) is 0 Å². The molecule has 2 aromatic carbocycles. The van der Waals surface area contributed by atoms with E-state index >= 15 is 0 Å². The van der Waals surface area contributed by atoms with E-state index in [0.717, 1.165) is 28.3 Å². The SMILES string of the molecule is Cc1cc(Nc2nccc(C(F)(F)F)n2)cc(-c2cnc([C@]3(O)CC[C@H](C(=O)NCc4ccc(O)c(O)c4)CC3)s2)c1. The lowest BCUT2D eigenvalue weighted by atomic mass is 9.78. The summed E-state index contributed by atoms with van der Waals surface area (Å²) in [6.07, 6.45) is -0.246. The normalized spacial score (nSPS) is 18.9. The molecular weight excluding hydrogens is 571 g/mol. The zero-order valence-corrected chi connectivity index (χ0v) is 23.3. The third-order valence-electron chi connectivity index (χ3n) is 7.16. The monoisotopic (exact) mass is 599 g/mol. The maximum Gasteiger partial charge on any atom is 0.433 e. The van der Waals surface area contributed by atoms with Gasteiger partial charge in [-0.1, -0.05) is 12.1 Å². The van der Waals surface area contributed by atoms with Gasteiger partial charge in [-0.05, 0) is 79.6 Å². The second-order valence-corrected chi connectivity index (χ2v) is 11.4. The summed E-state index contributed by atoms with van der Waals surface area (Å²) in [6.45, 7) is 2.06. The number of carbonyl (C=O) groups is 1. The fourth-order valence-electron chi connectivity index (χ4n) is 4.91. The number of aromatic nitrogens is 3. The highest BCUT2D eigenvalue weighted by Gasteiger charge is 2.39. The minimum atomic E-state index is -4.59. The van der Waals surface area contributed by atoms with E-state index in [-0.39, 0.29) is 35.8 Å². The Hall–Kier alpha value is -4.23. The topological polar surface area (TPSA) is 140 Å². The summed E-state index contributed by atoms with van der Waals surface area (Å²) in [5, 5.41) is 36.7. The van der Waals surface area contributed by atoms with Gasteiger partial charge in [0.2, 0.25) is 11.9 Å². The molecule has 9 nitrogen and oxygen atoms in total. The van der Waals surface area contributed by atoms with Gasteiger partial charge < -0.3 is 26.0 Å². The molecule has 0 aliphatic heterocycles. The van der Waals surface area contributed by atoms with Gasteiger partial charge in [0.15, 0.2) is 11.5 Å². The molecule has 42 heavy (non-hydrogen) atoms. The molecule has 2 aromatic heterocycles. The van der Waals surface area contributed by atoms with Crippen molar-refractivity contribution in [2.75, 3.05) is 5.32 Å². The quantitative estimate of drug-likeness (QED) is 0.169. The molecule has 5 rings (SSSR count). The van der Waals surface area contributed by atoms with Gasteiger partial charge in [-0.15, -0.1) is 11.3 Å². The van der Waals surface area contributed by atoms with Crippen LogP contribution in [0, 0.1) is 12.8 Å². The lowest BCUT2D eigenvalue weighted by Crippen LogP contribution is -2.38. The highest BCUT2D eigenvalue weighted by Crippen LogP contribution is 2.43. The number of rotatable bonds is 7. The van der Waals surface area contributed by atoms with Crippen molar-refractivity contribution in [2.24, 2.45) is 5.92 Å². The van der Waals surface area contributed by atoms with Gasteiger partial charge in [0.05, 0.1) is 4.88 Å². The first-order valence-electron chi connectivity index (χ1n) is 13.2. The molecular formula is C29H28F3N5O4S. The first-order valence-corrected chi connectivity index (χ1v) is 14.0.